The van der Waals surface area contributed by atoms with E-state index < -0.39 is 0 Å². The first-order valence-electron chi connectivity index (χ1n) is 6.89. The fourth-order valence-corrected chi connectivity index (χ4v) is 2.31. The lowest BCUT2D eigenvalue weighted by Gasteiger charge is -2.13. The van der Waals surface area contributed by atoms with E-state index >= 15 is 0 Å². The molecule has 0 unspecified atom stereocenters. The Labute approximate surface area is 135 Å². The van der Waals surface area contributed by atoms with Gasteiger partial charge >= 0.3 is 0 Å². The van der Waals surface area contributed by atoms with Crippen LogP contribution in [0.25, 0.3) is 0 Å². The highest BCUT2D eigenvalue weighted by Crippen LogP contribution is 2.33. The zero-order valence-corrected chi connectivity index (χ0v) is 13.6. The number of halogens is 2. The van der Waals surface area contributed by atoms with Crippen molar-refractivity contribution in [3.05, 3.63) is 51.8 Å². The fraction of sp³-hybridized carbons (Fsp3) is 0.312. The number of pyridine rings is 1. The molecule has 0 aliphatic heterocycles. The Hall–Kier alpha value is -1.29. The van der Waals surface area contributed by atoms with Crippen LogP contribution in [-0.2, 0) is 6.54 Å². The van der Waals surface area contributed by atoms with Crippen molar-refractivity contribution in [1.82, 2.24) is 10.3 Å². The van der Waals surface area contributed by atoms with Gasteiger partial charge in [-0.15, -0.1) is 0 Å². The Morgan fingerprint density at radius 2 is 2.00 bits per heavy atom. The average Bonchev–Trinajstić information content (AvgIpc) is 2.44. The molecular weight excluding hydrogens is 307 g/mol. The molecule has 21 heavy (non-hydrogen) atoms. The Morgan fingerprint density at radius 3 is 2.71 bits per heavy atom. The van der Waals surface area contributed by atoms with Crippen LogP contribution in [0.5, 0.6) is 11.5 Å². The number of nitrogens with zero attached hydrogens (tertiary/aromatic N) is 1. The molecular formula is C16H18Cl2N2O. The van der Waals surface area contributed by atoms with Crippen molar-refractivity contribution in [2.75, 3.05) is 6.54 Å². The molecule has 2 aromatic rings. The lowest BCUT2D eigenvalue weighted by Crippen LogP contribution is -2.14. The Balaban J connectivity index is 2.22. The predicted octanol–water partition coefficient (Wildman–Crippen LogP) is 4.99. The second-order valence-corrected chi connectivity index (χ2v) is 5.63. The number of ether oxygens (including phenoxy) is 1. The number of nitrogens with one attached hydrogen (secondary N) is 1. The first-order valence-corrected chi connectivity index (χ1v) is 7.65. The molecule has 0 aliphatic carbocycles. The van der Waals surface area contributed by atoms with Gasteiger partial charge in [0.1, 0.15) is 11.5 Å². The summed E-state index contributed by atoms with van der Waals surface area (Å²) in [5.41, 5.74) is 1.90. The molecule has 0 bridgehead atoms. The topological polar surface area (TPSA) is 34.2 Å². The van der Waals surface area contributed by atoms with Crippen LogP contribution in [0.4, 0.5) is 0 Å². The van der Waals surface area contributed by atoms with Crippen LogP contribution in [0.3, 0.4) is 0 Å². The van der Waals surface area contributed by atoms with Gasteiger partial charge in [-0.2, -0.15) is 0 Å². The molecule has 1 aromatic heterocycles. The van der Waals surface area contributed by atoms with E-state index in [1.54, 1.807) is 18.2 Å². The first-order chi connectivity index (χ1) is 10.1. The largest absolute Gasteiger partial charge is 0.455 e. The van der Waals surface area contributed by atoms with Crippen molar-refractivity contribution >= 4 is 23.2 Å². The van der Waals surface area contributed by atoms with E-state index in [4.69, 9.17) is 27.9 Å². The van der Waals surface area contributed by atoms with Gasteiger partial charge in [-0.25, -0.2) is 0 Å². The molecule has 3 nitrogen and oxygen atoms in total. The maximum absolute atomic E-state index is 6.16. The summed E-state index contributed by atoms with van der Waals surface area (Å²) in [6.45, 7) is 5.72. The average molecular weight is 325 g/mol. The smallest absolute Gasteiger partial charge is 0.146 e. The van der Waals surface area contributed by atoms with Crippen molar-refractivity contribution in [3.8, 4) is 11.5 Å². The standard InChI is InChI=1S/C16H18Cl2N2O/c1-3-6-19-9-12-10-20-11(2)7-16(12)21-15-5-4-13(17)8-14(15)18/h4-5,7-8,10,19H,3,6,9H2,1-2H3. The SMILES string of the molecule is CCCNCc1cnc(C)cc1Oc1ccc(Cl)cc1Cl. The van der Waals surface area contributed by atoms with Gasteiger partial charge in [-0.05, 0) is 38.1 Å². The highest BCUT2D eigenvalue weighted by atomic mass is 35.5. The van der Waals surface area contributed by atoms with Crippen LogP contribution in [0.1, 0.15) is 24.6 Å². The highest BCUT2D eigenvalue weighted by molar-refractivity contribution is 6.35. The molecule has 1 N–H and O–H groups in total. The summed E-state index contributed by atoms with van der Waals surface area (Å²) in [6, 6.07) is 7.10. The minimum absolute atomic E-state index is 0.490. The number of hydrogen-bond acceptors (Lipinski definition) is 3. The predicted molar refractivity (Wildman–Crippen MR) is 87.5 cm³/mol. The van der Waals surface area contributed by atoms with Crippen molar-refractivity contribution < 1.29 is 4.74 Å². The van der Waals surface area contributed by atoms with E-state index in [9.17, 15) is 0 Å². The lowest BCUT2D eigenvalue weighted by molar-refractivity contribution is 0.471. The van der Waals surface area contributed by atoms with Crippen molar-refractivity contribution in [2.24, 2.45) is 0 Å². The van der Waals surface area contributed by atoms with Gasteiger partial charge in [-0.3, -0.25) is 4.98 Å². The monoisotopic (exact) mass is 324 g/mol. The van der Waals surface area contributed by atoms with E-state index in [0.29, 0.717) is 22.3 Å². The molecule has 0 radical (unpaired) electrons. The summed E-state index contributed by atoms with van der Waals surface area (Å²) in [5.74, 6) is 1.35. The number of benzene rings is 1. The molecule has 5 heteroatoms. The molecule has 112 valence electrons. The van der Waals surface area contributed by atoms with Gasteiger partial charge in [0.25, 0.3) is 0 Å². The molecule has 0 saturated carbocycles. The van der Waals surface area contributed by atoms with Crippen LogP contribution in [0.15, 0.2) is 30.5 Å². The van der Waals surface area contributed by atoms with Crippen LogP contribution in [0.2, 0.25) is 10.0 Å². The molecule has 0 spiro atoms. The Morgan fingerprint density at radius 1 is 1.19 bits per heavy atom. The van der Waals surface area contributed by atoms with E-state index in [1.165, 1.54) is 0 Å². The summed E-state index contributed by atoms with van der Waals surface area (Å²) in [6.07, 6.45) is 2.91. The van der Waals surface area contributed by atoms with Gasteiger partial charge in [0, 0.05) is 35.1 Å². The van der Waals surface area contributed by atoms with Crippen LogP contribution < -0.4 is 10.1 Å². The Bertz CT molecular complexity index is 617. The van der Waals surface area contributed by atoms with Gasteiger partial charge in [-0.1, -0.05) is 30.1 Å². The quantitative estimate of drug-likeness (QED) is 0.760. The molecule has 0 aliphatic rings. The Kier molecular flexibility index (Phi) is 5.85. The molecule has 0 fully saturated rings. The summed E-state index contributed by atoms with van der Waals surface area (Å²) < 4.78 is 5.94. The zero-order chi connectivity index (χ0) is 15.2. The summed E-state index contributed by atoms with van der Waals surface area (Å²) in [5, 5.41) is 4.42. The number of rotatable bonds is 6. The number of aryl methyl sites for hydroxylation is 1. The number of aromatic nitrogens is 1. The third-order valence-electron chi connectivity index (χ3n) is 2.94. The third kappa shape index (κ3) is 4.60. The molecule has 0 atom stereocenters. The van der Waals surface area contributed by atoms with Crippen LogP contribution in [-0.4, -0.2) is 11.5 Å². The van der Waals surface area contributed by atoms with E-state index in [1.807, 2.05) is 19.2 Å². The molecule has 1 aromatic carbocycles. The number of hydrogen-bond donors (Lipinski definition) is 1. The normalized spacial score (nSPS) is 10.7. The van der Waals surface area contributed by atoms with Crippen molar-refractivity contribution in [1.29, 1.82) is 0 Å². The third-order valence-corrected chi connectivity index (χ3v) is 3.47. The van der Waals surface area contributed by atoms with Crippen molar-refractivity contribution in [3.63, 3.8) is 0 Å². The zero-order valence-electron chi connectivity index (χ0n) is 12.1. The van der Waals surface area contributed by atoms with Crippen LogP contribution in [0, 0.1) is 6.92 Å². The molecule has 0 amide bonds. The van der Waals surface area contributed by atoms with Gasteiger partial charge < -0.3 is 10.1 Å². The van der Waals surface area contributed by atoms with E-state index in [2.05, 4.69) is 17.2 Å². The minimum atomic E-state index is 0.490. The van der Waals surface area contributed by atoms with Crippen molar-refractivity contribution in [2.45, 2.75) is 26.8 Å². The lowest BCUT2D eigenvalue weighted by atomic mass is 10.2. The van der Waals surface area contributed by atoms with Crippen LogP contribution >= 0.6 is 23.2 Å². The molecule has 0 saturated heterocycles. The summed E-state index contributed by atoms with van der Waals surface area (Å²) >= 11 is 12.1. The first kappa shape index (κ1) is 16.1. The fourth-order valence-electron chi connectivity index (χ4n) is 1.87. The second kappa shape index (κ2) is 7.64. The second-order valence-electron chi connectivity index (χ2n) is 4.79. The molecule has 2 rings (SSSR count). The maximum atomic E-state index is 6.16. The highest BCUT2D eigenvalue weighted by Gasteiger charge is 2.09. The van der Waals surface area contributed by atoms with E-state index in [-0.39, 0.29) is 0 Å². The van der Waals surface area contributed by atoms with Gasteiger partial charge in [0.05, 0.1) is 5.02 Å². The minimum Gasteiger partial charge on any atom is -0.455 e. The van der Waals surface area contributed by atoms with Gasteiger partial charge in [0.2, 0.25) is 0 Å². The summed E-state index contributed by atoms with van der Waals surface area (Å²) in [7, 11) is 0. The van der Waals surface area contributed by atoms with Gasteiger partial charge in [0.15, 0.2) is 0 Å². The maximum Gasteiger partial charge on any atom is 0.146 e. The summed E-state index contributed by atoms with van der Waals surface area (Å²) in [4.78, 5) is 4.32. The van der Waals surface area contributed by atoms with E-state index in [0.717, 1.165) is 30.0 Å². The molecule has 1 heterocycles.